The summed E-state index contributed by atoms with van der Waals surface area (Å²) in [6.45, 7) is 0. The highest BCUT2D eigenvalue weighted by Crippen LogP contribution is 2.35. The van der Waals surface area contributed by atoms with Crippen molar-refractivity contribution in [3.63, 3.8) is 0 Å². The minimum absolute atomic E-state index is 0.0611. The number of fused-ring (bicyclic) bond motifs is 1. The van der Waals surface area contributed by atoms with Crippen molar-refractivity contribution in [1.82, 2.24) is 0 Å². The van der Waals surface area contributed by atoms with Crippen molar-refractivity contribution in [3.8, 4) is 5.75 Å². The highest BCUT2D eigenvalue weighted by molar-refractivity contribution is 6.30. The number of methoxy groups -OCH3 is 1. The Kier molecular flexibility index (Phi) is 5.91. The maximum atomic E-state index is 12.7. The first-order valence-electron chi connectivity index (χ1n) is 9.55. The lowest BCUT2D eigenvalue weighted by atomic mass is 10.1. The van der Waals surface area contributed by atoms with Gasteiger partial charge in [-0.1, -0.05) is 41.9 Å². The van der Waals surface area contributed by atoms with E-state index in [2.05, 4.69) is 10.6 Å². The van der Waals surface area contributed by atoms with Gasteiger partial charge in [0.05, 0.1) is 18.9 Å². The number of benzene rings is 3. The minimum atomic E-state index is -0.424. The van der Waals surface area contributed by atoms with Crippen LogP contribution in [-0.4, -0.2) is 18.9 Å². The van der Waals surface area contributed by atoms with Crippen molar-refractivity contribution >= 4 is 45.8 Å². The van der Waals surface area contributed by atoms with E-state index in [1.54, 1.807) is 42.5 Å². The zero-order valence-electron chi connectivity index (χ0n) is 16.6. The Morgan fingerprint density at radius 1 is 0.935 bits per heavy atom. The van der Waals surface area contributed by atoms with Gasteiger partial charge in [0.1, 0.15) is 5.58 Å². The number of amides is 2. The molecule has 0 spiro atoms. The summed E-state index contributed by atoms with van der Waals surface area (Å²) >= 11 is 5.88. The molecule has 0 aliphatic heterocycles. The molecule has 0 aliphatic rings. The maximum absolute atomic E-state index is 12.7. The summed E-state index contributed by atoms with van der Waals surface area (Å²) in [6.07, 6.45) is 0.211. The molecular weight excluding hydrogens is 416 g/mol. The van der Waals surface area contributed by atoms with E-state index < -0.39 is 5.91 Å². The molecule has 31 heavy (non-hydrogen) atoms. The van der Waals surface area contributed by atoms with Crippen molar-refractivity contribution in [3.05, 3.63) is 89.1 Å². The Labute approximate surface area is 183 Å². The smallest absolute Gasteiger partial charge is 0.295 e. The number of rotatable bonds is 6. The lowest BCUT2D eigenvalue weighted by Crippen LogP contribution is -2.14. The first-order chi connectivity index (χ1) is 15.0. The van der Waals surface area contributed by atoms with Crippen LogP contribution in [-0.2, 0) is 11.2 Å². The van der Waals surface area contributed by atoms with Crippen LogP contribution in [0, 0.1) is 0 Å². The third kappa shape index (κ3) is 4.70. The van der Waals surface area contributed by atoms with Crippen LogP contribution in [0.4, 0.5) is 11.4 Å². The first kappa shape index (κ1) is 20.5. The summed E-state index contributed by atoms with van der Waals surface area (Å²) in [7, 11) is 1.47. The van der Waals surface area contributed by atoms with E-state index in [-0.39, 0.29) is 18.1 Å². The second-order valence-electron chi connectivity index (χ2n) is 6.85. The van der Waals surface area contributed by atoms with Crippen LogP contribution in [0.5, 0.6) is 5.75 Å². The summed E-state index contributed by atoms with van der Waals surface area (Å²) in [5, 5.41) is 6.84. The normalized spacial score (nSPS) is 10.6. The van der Waals surface area contributed by atoms with Gasteiger partial charge in [-0.15, -0.1) is 0 Å². The van der Waals surface area contributed by atoms with Gasteiger partial charge in [0, 0.05) is 16.4 Å². The maximum Gasteiger partial charge on any atom is 0.295 e. The number of nitrogens with one attached hydrogen (secondary N) is 2. The molecule has 0 saturated heterocycles. The molecule has 0 unspecified atom stereocenters. The Morgan fingerprint density at radius 2 is 1.68 bits per heavy atom. The summed E-state index contributed by atoms with van der Waals surface area (Å²) < 4.78 is 11.2. The second kappa shape index (κ2) is 8.93. The van der Waals surface area contributed by atoms with Crippen LogP contribution < -0.4 is 15.4 Å². The molecule has 4 rings (SSSR count). The molecule has 3 aromatic carbocycles. The van der Waals surface area contributed by atoms with Crippen molar-refractivity contribution in [2.24, 2.45) is 0 Å². The molecule has 1 aromatic heterocycles. The number of halogens is 1. The van der Waals surface area contributed by atoms with Gasteiger partial charge < -0.3 is 19.8 Å². The summed E-state index contributed by atoms with van der Waals surface area (Å²) in [6, 6.07) is 21.3. The number of furan rings is 1. The lowest BCUT2D eigenvalue weighted by Gasteiger charge is -2.06. The molecule has 1 heterocycles. The van der Waals surface area contributed by atoms with Gasteiger partial charge in [0.25, 0.3) is 5.91 Å². The van der Waals surface area contributed by atoms with Crippen LogP contribution in [0.25, 0.3) is 11.0 Å². The molecule has 0 bridgehead atoms. The van der Waals surface area contributed by atoms with Crippen LogP contribution in [0.15, 0.2) is 77.2 Å². The molecule has 0 atom stereocenters. The van der Waals surface area contributed by atoms with Crippen molar-refractivity contribution in [2.75, 3.05) is 17.7 Å². The number of para-hydroxylation sites is 1. The summed E-state index contributed by atoms with van der Waals surface area (Å²) in [5.41, 5.74) is 2.54. The SMILES string of the molecule is COc1c(C(=O)Nc2ccccc2)oc2ccc(NC(=O)Cc3ccc(Cl)cc3)cc12. The second-order valence-corrected chi connectivity index (χ2v) is 7.28. The van der Waals surface area contributed by atoms with Gasteiger partial charge in [-0.3, -0.25) is 9.59 Å². The summed E-state index contributed by atoms with van der Waals surface area (Å²) in [5.74, 6) is -0.234. The van der Waals surface area contributed by atoms with Gasteiger partial charge in [0.15, 0.2) is 5.75 Å². The topological polar surface area (TPSA) is 80.6 Å². The molecular formula is C24H19ClN2O4. The van der Waals surface area contributed by atoms with Gasteiger partial charge in [-0.25, -0.2) is 0 Å². The largest absolute Gasteiger partial charge is 0.492 e. The fourth-order valence-corrected chi connectivity index (χ4v) is 3.33. The Hall–Kier alpha value is -3.77. The number of carbonyl (C=O) groups is 2. The molecule has 2 amide bonds. The summed E-state index contributed by atoms with van der Waals surface area (Å²) in [4.78, 5) is 25.1. The number of carbonyl (C=O) groups excluding carboxylic acids is 2. The fraction of sp³-hybridized carbons (Fsp3) is 0.0833. The highest BCUT2D eigenvalue weighted by atomic mass is 35.5. The monoisotopic (exact) mass is 434 g/mol. The van der Waals surface area contributed by atoms with Crippen molar-refractivity contribution in [2.45, 2.75) is 6.42 Å². The molecule has 6 nitrogen and oxygen atoms in total. The Morgan fingerprint density at radius 3 is 2.39 bits per heavy atom. The quantitative estimate of drug-likeness (QED) is 0.418. The zero-order chi connectivity index (χ0) is 21.8. The van der Waals surface area contributed by atoms with E-state index in [0.717, 1.165) is 5.56 Å². The van der Waals surface area contributed by atoms with Crippen LogP contribution >= 0.6 is 11.6 Å². The van der Waals surface area contributed by atoms with Crippen molar-refractivity contribution < 1.29 is 18.7 Å². The minimum Gasteiger partial charge on any atom is -0.492 e. The van der Waals surface area contributed by atoms with Gasteiger partial charge in [-0.05, 0) is 48.0 Å². The average Bonchev–Trinajstić information content (AvgIpc) is 3.14. The molecule has 0 radical (unpaired) electrons. The Bertz CT molecular complexity index is 1230. The molecule has 4 aromatic rings. The predicted molar refractivity (Wildman–Crippen MR) is 121 cm³/mol. The van der Waals surface area contributed by atoms with E-state index in [1.807, 2.05) is 30.3 Å². The molecule has 2 N–H and O–H groups in total. The third-order valence-corrected chi connectivity index (χ3v) is 4.90. The zero-order valence-corrected chi connectivity index (χ0v) is 17.4. The van der Waals surface area contributed by atoms with E-state index in [9.17, 15) is 9.59 Å². The van der Waals surface area contributed by atoms with Crippen LogP contribution in [0.3, 0.4) is 0 Å². The van der Waals surface area contributed by atoms with Crippen LogP contribution in [0.2, 0.25) is 5.02 Å². The van der Waals surface area contributed by atoms with E-state index in [1.165, 1.54) is 7.11 Å². The number of anilines is 2. The first-order valence-corrected chi connectivity index (χ1v) is 9.92. The molecule has 7 heteroatoms. The standard InChI is InChI=1S/C24H19ClN2O4/c1-30-22-19-14-18(26-21(28)13-15-7-9-16(25)10-8-15)11-12-20(19)31-23(22)24(29)27-17-5-3-2-4-6-17/h2-12,14H,13H2,1H3,(H,26,28)(H,27,29). The molecule has 156 valence electrons. The molecule has 0 saturated carbocycles. The fourth-order valence-electron chi connectivity index (χ4n) is 3.21. The van der Waals surface area contributed by atoms with E-state index >= 15 is 0 Å². The lowest BCUT2D eigenvalue weighted by molar-refractivity contribution is -0.115. The van der Waals surface area contributed by atoms with Gasteiger partial charge in [-0.2, -0.15) is 0 Å². The number of hydrogen-bond donors (Lipinski definition) is 2. The van der Waals surface area contributed by atoms with Crippen molar-refractivity contribution in [1.29, 1.82) is 0 Å². The predicted octanol–water partition coefficient (Wildman–Crippen LogP) is 5.53. The van der Waals surface area contributed by atoms with Gasteiger partial charge >= 0.3 is 0 Å². The van der Waals surface area contributed by atoms with E-state index in [0.29, 0.717) is 33.1 Å². The average molecular weight is 435 g/mol. The molecule has 0 aliphatic carbocycles. The molecule has 0 fully saturated rings. The van der Waals surface area contributed by atoms with Gasteiger partial charge in [0.2, 0.25) is 11.7 Å². The Balaban J connectivity index is 1.55. The van der Waals surface area contributed by atoms with Crippen LogP contribution in [0.1, 0.15) is 16.1 Å². The number of ether oxygens (including phenoxy) is 1. The third-order valence-electron chi connectivity index (χ3n) is 4.65. The van der Waals surface area contributed by atoms with E-state index in [4.69, 9.17) is 20.8 Å². The highest BCUT2D eigenvalue weighted by Gasteiger charge is 2.22. The number of hydrogen-bond acceptors (Lipinski definition) is 4.